The molecule has 2 aromatic carbocycles. The first-order chi connectivity index (χ1) is 12.1. The van der Waals surface area contributed by atoms with Gasteiger partial charge in [-0.15, -0.1) is 0 Å². The second-order valence-corrected chi connectivity index (χ2v) is 7.18. The normalized spacial score (nSPS) is 23.5. The van der Waals surface area contributed by atoms with Gasteiger partial charge in [-0.25, -0.2) is 0 Å². The number of anilines is 1. The fourth-order valence-electron chi connectivity index (χ4n) is 4.03. The van der Waals surface area contributed by atoms with Crippen LogP contribution in [0.25, 0.3) is 0 Å². The number of rotatable bonds is 3. The predicted molar refractivity (Wildman–Crippen MR) is 100 cm³/mol. The Hall–Kier alpha value is -2.34. The molecule has 4 rings (SSSR count). The fraction of sp³-hybridized carbons (Fsp3) is 0.263. The first kappa shape index (κ1) is 16.1. The van der Waals surface area contributed by atoms with Gasteiger partial charge >= 0.3 is 0 Å². The molecule has 2 aliphatic rings. The Morgan fingerprint density at radius 2 is 2.08 bits per heavy atom. The van der Waals surface area contributed by atoms with E-state index in [-0.39, 0.29) is 28.5 Å². The molecule has 0 saturated heterocycles. The zero-order valence-corrected chi connectivity index (χ0v) is 15.2. The highest BCUT2D eigenvalue weighted by Crippen LogP contribution is 2.55. The Labute approximate surface area is 154 Å². The highest BCUT2D eigenvalue weighted by Gasteiger charge is 2.43. The highest BCUT2D eigenvalue weighted by atomic mass is 79.9. The first-order valence-electron chi connectivity index (χ1n) is 8.14. The van der Waals surface area contributed by atoms with Gasteiger partial charge in [-0.3, -0.25) is 10.1 Å². The van der Waals surface area contributed by atoms with E-state index in [9.17, 15) is 10.1 Å². The summed E-state index contributed by atoms with van der Waals surface area (Å²) in [5.74, 6) is 0.872. The van der Waals surface area contributed by atoms with Gasteiger partial charge in [0.25, 0.3) is 5.69 Å². The van der Waals surface area contributed by atoms with E-state index in [0.29, 0.717) is 5.75 Å². The minimum absolute atomic E-state index is 0.00357. The van der Waals surface area contributed by atoms with Crippen molar-refractivity contribution < 1.29 is 9.66 Å². The molecule has 0 fully saturated rings. The second kappa shape index (κ2) is 6.19. The third-order valence-electron chi connectivity index (χ3n) is 5.12. The lowest BCUT2D eigenvalue weighted by Crippen LogP contribution is -2.30. The highest BCUT2D eigenvalue weighted by molar-refractivity contribution is 9.10. The van der Waals surface area contributed by atoms with Gasteiger partial charge in [-0.2, -0.15) is 0 Å². The number of benzene rings is 2. The van der Waals surface area contributed by atoms with Crippen LogP contribution in [0.1, 0.15) is 29.5 Å². The van der Waals surface area contributed by atoms with Crippen LogP contribution < -0.4 is 10.1 Å². The Balaban J connectivity index is 1.91. The number of nitro groups is 1. The summed E-state index contributed by atoms with van der Waals surface area (Å²) < 4.78 is 6.52. The van der Waals surface area contributed by atoms with Crippen LogP contribution in [0.15, 0.2) is 53.0 Å². The molecule has 0 spiro atoms. The van der Waals surface area contributed by atoms with E-state index >= 15 is 0 Å². The minimum Gasteiger partial charge on any atom is -0.495 e. The van der Waals surface area contributed by atoms with Crippen LogP contribution in [0.4, 0.5) is 11.4 Å². The molecule has 5 nitrogen and oxygen atoms in total. The maximum Gasteiger partial charge on any atom is 0.275 e. The second-order valence-electron chi connectivity index (χ2n) is 6.33. The Kier molecular flexibility index (Phi) is 4.00. The molecule has 1 heterocycles. The van der Waals surface area contributed by atoms with Crippen molar-refractivity contribution in [2.24, 2.45) is 5.92 Å². The molecule has 0 bridgehead atoms. The SMILES string of the molecule is COc1ccc([N+](=O)[O-])c2c1N[C@H](c1ccccc1Br)[C@@H]1CC=C[C@@H]21. The molecule has 0 saturated carbocycles. The number of halogens is 1. The molecule has 6 heteroatoms. The van der Waals surface area contributed by atoms with Gasteiger partial charge in [-0.05, 0) is 30.0 Å². The van der Waals surface area contributed by atoms with Gasteiger partial charge in [0, 0.05) is 16.5 Å². The van der Waals surface area contributed by atoms with Gasteiger partial charge < -0.3 is 10.1 Å². The molecule has 1 aliphatic carbocycles. The number of allylic oxidation sites excluding steroid dienone is 2. The molecule has 0 unspecified atom stereocenters. The smallest absolute Gasteiger partial charge is 0.275 e. The average Bonchev–Trinajstić information content (AvgIpc) is 3.10. The molecule has 0 radical (unpaired) electrons. The third kappa shape index (κ3) is 2.52. The Morgan fingerprint density at radius 3 is 2.80 bits per heavy atom. The molecule has 2 aromatic rings. The number of methoxy groups -OCH3 is 1. The van der Waals surface area contributed by atoms with Crippen molar-refractivity contribution in [1.29, 1.82) is 0 Å². The molecule has 3 atom stereocenters. The largest absolute Gasteiger partial charge is 0.495 e. The standard InChI is InChI=1S/C19H17BrN2O3/c1-25-16-10-9-15(22(23)24)17-11-6-4-7-12(11)18(21-19(16)17)13-5-2-3-8-14(13)20/h2-6,8-12,18,21H,7H2,1H3/t11-,12-,18+/m1/s1. The molecule has 0 aromatic heterocycles. The zero-order valence-electron chi connectivity index (χ0n) is 13.6. The number of hydrogen-bond donors (Lipinski definition) is 1. The zero-order chi connectivity index (χ0) is 17.6. The van der Waals surface area contributed by atoms with E-state index in [1.54, 1.807) is 19.2 Å². The van der Waals surface area contributed by atoms with Gasteiger partial charge in [0.05, 0.1) is 29.3 Å². The van der Waals surface area contributed by atoms with Crippen LogP contribution in [0, 0.1) is 16.0 Å². The first-order valence-corrected chi connectivity index (χ1v) is 8.94. The maximum atomic E-state index is 11.6. The molecule has 0 amide bonds. The Morgan fingerprint density at radius 1 is 1.28 bits per heavy atom. The lowest BCUT2D eigenvalue weighted by Gasteiger charge is -2.38. The summed E-state index contributed by atoms with van der Waals surface area (Å²) in [6.07, 6.45) is 5.11. The minimum atomic E-state index is -0.304. The van der Waals surface area contributed by atoms with E-state index in [1.807, 2.05) is 18.2 Å². The van der Waals surface area contributed by atoms with Crippen LogP contribution in [0.2, 0.25) is 0 Å². The number of fused-ring (bicyclic) bond motifs is 3. The van der Waals surface area contributed by atoms with Crippen LogP contribution in [0.3, 0.4) is 0 Å². The lowest BCUT2D eigenvalue weighted by atomic mass is 9.76. The maximum absolute atomic E-state index is 11.6. The molecular formula is C19H17BrN2O3. The average molecular weight is 401 g/mol. The van der Waals surface area contributed by atoms with Crippen LogP contribution >= 0.6 is 15.9 Å². The summed E-state index contributed by atoms with van der Waals surface area (Å²) in [7, 11) is 1.59. The summed E-state index contributed by atoms with van der Waals surface area (Å²) in [6.45, 7) is 0. The lowest BCUT2D eigenvalue weighted by molar-refractivity contribution is -0.385. The molecular weight excluding hydrogens is 384 g/mol. The number of nitrogens with zero attached hydrogens (tertiary/aromatic N) is 1. The predicted octanol–water partition coefficient (Wildman–Crippen LogP) is 5.19. The van der Waals surface area contributed by atoms with E-state index < -0.39 is 0 Å². The summed E-state index contributed by atoms with van der Waals surface area (Å²) in [5.41, 5.74) is 2.76. The van der Waals surface area contributed by atoms with Gasteiger partial charge in [0.2, 0.25) is 0 Å². The molecule has 25 heavy (non-hydrogen) atoms. The fourth-order valence-corrected chi connectivity index (χ4v) is 4.56. The Bertz CT molecular complexity index is 881. The van der Waals surface area contributed by atoms with Crippen LogP contribution in [-0.4, -0.2) is 12.0 Å². The number of nitro benzene ring substituents is 1. The van der Waals surface area contributed by atoms with Crippen molar-refractivity contribution in [1.82, 2.24) is 0 Å². The van der Waals surface area contributed by atoms with Crippen molar-refractivity contribution in [3.63, 3.8) is 0 Å². The van der Waals surface area contributed by atoms with Crippen molar-refractivity contribution >= 4 is 27.3 Å². The van der Waals surface area contributed by atoms with E-state index in [1.165, 1.54) is 0 Å². The number of ether oxygens (including phenoxy) is 1. The van der Waals surface area contributed by atoms with E-state index in [0.717, 1.165) is 27.7 Å². The van der Waals surface area contributed by atoms with E-state index in [2.05, 4.69) is 39.5 Å². The van der Waals surface area contributed by atoms with Crippen LogP contribution in [-0.2, 0) is 0 Å². The third-order valence-corrected chi connectivity index (χ3v) is 5.84. The summed E-state index contributed by atoms with van der Waals surface area (Å²) >= 11 is 3.64. The van der Waals surface area contributed by atoms with E-state index in [4.69, 9.17) is 4.74 Å². The van der Waals surface area contributed by atoms with Crippen LogP contribution in [0.5, 0.6) is 5.75 Å². The molecule has 1 N–H and O–H groups in total. The van der Waals surface area contributed by atoms with Crippen molar-refractivity contribution in [3.8, 4) is 5.75 Å². The molecule has 128 valence electrons. The van der Waals surface area contributed by atoms with Gasteiger partial charge in [0.1, 0.15) is 5.75 Å². The molecule has 1 aliphatic heterocycles. The number of hydrogen-bond acceptors (Lipinski definition) is 4. The van der Waals surface area contributed by atoms with Gasteiger partial charge in [0.15, 0.2) is 0 Å². The summed E-state index contributed by atoms with van der Waals surface area (Å²) in [4.78, 5) is 11.3. The van der Waals surface area contributed by atoms with Crippen molar-refractivity contribution in [3.05, 3.63) is 74.3 Å². The topological polar surface area (TPSA) is 64.4 Å². The monoisotopic (exact) mass is 400 g/mol. The van der Waals surface area contributed by atoms with Crippen molar-refractivity contribution in [2.75, 3.05) is 12.4 Å². The summed E-state index contributed by atoms with van der Waals surface area (Å²) in [6, 6.07) is 11.4. The van der Waals surface area contributed by atoms with Gasteiger partial charge in [-0.1, -0.05) is 46.3 Å². The summed E-state index contributed by atoms with van der Waals surface area (Å²) in [5, 5.41) is 15.1. The number of nitrogens with one attached hydrogen (secondary N) is 1. The quantitative estimate of drug-likeness (QED) is 0.437. The van der Waals surface area contributed by atoms with Crippen molar-refractivity contribution in [2.45, 2.75) is 18.4 Å².